The van der Waals surface area contributed by atoms with Gasteiger partial charge in [-0.15, -0.1) is 0 Å². The molecule has 9 nitrogen and oxygen atoms in total. The quantitative estimate of drug-likeness (QED) is 0.691. The van der Waals surface area contributed by atoms with Crippen LogP contribution in [-0.2, 0) is 11.3 Å². The Balaban J connectivity index is 1.24. The summed E-state index contributed by atoms with van der Waals surface area (Å²) in [7, 11) is 1.43. The Morgan fingerprint density at radius 1 is 0.906 bits per heavy atom. The first kappa shape index (κ1) is 21.5. The van der Waals surface area contributed by atoms with Gasteiger partial charge in [0.15, 0.2) is 0 Å². The number of nitrogens with zero attached hydrogens (tertiary/aromatic N) is 3. The van der Waals surface area contributed by atoms with E-state index >= 15 is 0 Å². The third-order valence-corrected chi connectivity index (χ3v) is 5.70. The number of imide groups is 1. The van der Waals surface area contributed by atoms with Crippen molar-refractivity contribution >= 4 is 29.4 Å². The van der Waals surface area contributed by atoms with Crippen molar-refractivity contribution in [2.45, 2.75) is 6.54 Å². The molecule has 0 unspecified atom stereocenters. The summed E-state index contributed by atoms with van der Waals surface area (Å²) in [6.45, 7) is 2.94. The zero-order chi connectivity index (χ0) is 22.7. The number of amides is 5. The van der Waals surface area contributed by atoms with E-state index in [1.165, 1.54) is 13.1 Å². The van der Waals surface area contributed by atoms with Gasteiger partial charge in [-0.2, -0.15) is 0 Å². The third-order valence-electron chi connectivity index (χ3n) is 5.70. The number of rotatable bonds is 5. The predicted molar refractivity (Wildman–Crippen MR) is 118 cm³/mol. The number of fused-ring (bicyclic) bond motifs is 1. The van der Waals surface area contributed by atoms with Gasteiger partial charge in [-0.3, -0.25) is 24.2 Å². The fraction of sp³-hybridized carbons (Fsp3) is 0.304. The van der Waals surface area contributed by atoms with Gasteiger partial charge in [0.1, 0.15) is 0 Å². The second-order valence-corrected chi connectivity index (χ2v) is 7.89. The number of anilines is 1. The van der Waals surface area contributed by atoms with Crippen LogP contribution in [0.2, 0.25) is 0 Å². The molecule has 0 atom stereocenters. The van der Waals surface area contributed by atoms with Gasteiger partial charge < -0.3 is 15.5 Å². The van der Waals surface area contributed by atoms with Gasteiger partial charge in [0.05, 0.1) is 17.7 Å². The Kier molecular flexibility index (Phi) is 6.18. The molecule has 0 radical (unpaired) electrons. The summed E-state index contributed by atoms with van der Waals surface area (Å²) in [5.41, 5.74) is 2.15. The molecule has 0 bridgehead atoms. The van der Waals surface area contributed by atoms with Crippen molar-refractivity contribution < 1.29 is 19.2 Å². The number of hydrogen-bond acceptors (Lipinski definition) is 5. The number of nitrogens with one attached hydrogen (secondary N) is 2. The highest BCUT2D eigenvalue weighted by atomic mass is 16.2. The summed E-state index contributed by atoms with van der Waals surface area (Å²) in [5.74, 6) is -0.763. The molecule has 166 valence electrons. The fourth-order valence-electron chi connectivity index (χ4n) is 3.81. The SMILES string of the molecule is CN1C(=O)c2ccc(NC(=O)N3CCN(CC(=O)NCc4ccccc4)CC3)cc2C1=O. The number of urea groups is 1. The van der Waals surface area contributed by atoms with Crippen LogP contribution in [0.1, 0.15) is 26.3 Å². The first-order valence-corrected chi connectivity index (χ1v) is 10.5. The van der Waals surface area contributed by atoms with Crippen molar-refractivity contribution in [3.8, 4) is 0 Å². The molecule has 2 heterocycles. The van der Waals surface area contributed by atoms with Gasteiger partial charge in [-0.25, -0.2) is 4.79 Å². The van der Waals surface area contributed by atoms with Crippen LogP contribution in [0.5, 0.6) is 0 Å². The van der Waals surface area contributed by atoms with E-state index in [9.17, 15) is 19.2 Å². The van der Waals surface area contributed by atoms with Gasteiger partial charge >= 0.3 is 6.03 Å². The Morgan fingerprint density at radius 3 is 2.31 bits per heavy atom. The monoisotopic (exact) mass is 435 g/mol. The molecular weight excluding hydrogens is 410 g/mol. The van der Waals surface area contributed by atoms with Crippen LogP contribution in [-0.4, -0.2) is 78.2 Å². The van der Waals surface area contributed by atoms with Gasteiger partial charge in [-0.05, 0) is 23.8 Å². The molecule has 2 aromatic carbocycles. The number of benzene rings is 2. The molecule has 0 aliphatic carbocycles. The zero-order valence-corrected chi connectivity index (χ0v) is 17.8. The van der Waals surface area contributed by atoms with E-state index in [1.807, 2.05) is 35.2 Å². The first-order chi connectivity index (χ1) is 15.4. The zero-order valence-electron chi connectivity index (χ0n) is 17.8. The van der Waals surface area contributed by atoms with Gasteiger partial charge in [0.25, 0.3) is 11.8 Å². The van der Waals surface area contributed by atoms with E-state index in [1.54, 1.807) is 17.0 Å². The van der Waals surface area contributed by atoms with Crippen molar-refractivity contribution in [1.29, 1.82) is 0 Å². The molecule has 0 saturated carbocycles. The second kappa shape index (κ2) is 9.19. The van der Waals surface area contributed by atoms with Crippen molar-refractivity contribution in [2.75, 3.05) is 45.1 Å². The van der Waals surface area contributed by atoms with E-state index in [0.717, 1.165) is 10.5 Å². The first-order valence-electron chi connectivity index (χ1n) is 10.5. The molecule has 2 aliphatic rings. The van der Waals surface area contributed by atoms with E-state index in [4.69, 9.17) is 0 Å². The third kappa shape index (κ3) is 4.62. The van der Waals surface area contributed by atoms with E-state index in [2.05, 4.69) is 10.6 Å². The van der Waals surface area contributed by atoms with Crippen molar-refractivity contribution in [2.24, 2.45) is 0 Å². The summed E-state index contributed by atoms with van der Waals surface area (Å²) < 4.78 is 0. The van der Waals surface area contributed by atoms with E-state index in [-0.39, 0.29) is 30.3 Å². The normalized spacial score (nSPS) is 16.2. The molecule has 1 fully saturated rings. The minimum atomic E-state index is -0.375. The lowest BCUT2D eigenvalue weighted by molar-refractivity contribution is -0.122. The Hall–Kier alpha value is -3.72. The van der Waals surface area contributed by atoms with Crippen molar-refractivity contribution in [1.82, 2.24) is 20.0 Å². The molecule has 5 amide bonds. The summed E-state index contributed by atoms with van der Waals surface area (Å²) in [6, 6.07) is 14.2. The lowest BCUT2D eigenvalue weighted by Gasteiger charge is -2.34. The Bertz CT molecular complexity index is 1050. The Labute approximate surface area is 186 Å². The highest BCUT2D eigenvalue weighted by Gasteiger charge is 2.33. The molecule has 4 rings (SSSR count). The largest absolute Gasteiger partial charge is 0.351 e. The maximum atomic E-state index is 12.6. The number of hydrogen-bond donors (Lipinski definition) is 2. The molecular formula is C23H25N5O4. The molecule has 2 N–H and O–H groups in total. The molecule has 0 aromatic heterocycles. The topological polar surface area (TPSA) is 102 Å². The average Bonchev–Trinajstić information content (AvgIpc) is 3.02. The molecule has 32 heavy (non-hydrogen) atoms. The molecule has 1 saturated heterocycles. The standard InChI is InChI=1S/C23H25N5O4/c1-26-21(30)18-8-7-17(13-19(18)22(26)31)25-23(32)28-11-9-27(10-12-28)15-20(29)24-14-16-5-3-2-4-6-16/h2-8,13H,9-12,14-15H2,1H3,(H,24,29)(H,25,32). The lowest BCUT2D eigenvalue weighted by Crippen LogP contribution is -2.52. The molecule has 2 aliphatic heterocycles. The van der Waals surface area contributed by atoms with Gasteiger partial charge in [0, 0.05) is 45.5 Å². The molecule has 0 spiro atoms. The summed E-state index contributed by atoms with van der Waals surface area (Å²) in [6.07, 6.45) is 0. The second-order valence-electron chi connectivity index (χ2n) is 7.89. The summed E-state index contributed by atoms with van der Waals surface area (Å²) in [5, 5.41) is 5.71. The average molecular weight is 435 g/mol. The minimum Gasteiger partial charge on any atom is -0.351 e. The number of carbonyl (C=O) groups excluding carboxylic acids is 4. The number of piperazine rings is 1. The fourth-order valence-corrected chi connectivity index (χ4v) is 3.81. The van der Waals surface area contributed by atoms with Crippen molar-refractivity contribution in [3.63, 3.8) is 0 Å². The van der Waals surface area contributed by atoms with Crippen LogP contribution in [0.4, 0.5) is 10.5 Å². The Morgan fingerprint density at radius 2 is 1.59 bits per heavy atom. The molecule has 2 aromatic rings. The van der Waals surface area contributed by atoms with Crippen molar-refractivity contribution in [3.05, 3.63) is 65.2 Å². The van der Waals surface area contributed by atoms with Crippen LogP contribution < -0.4 is 10.6 Å². The summed E-state index contributed by atoms with van der Waals surface area (Å²) >= 11 is 0. The lowest BCUT2D eigenvalue weighted by atomic mass is 10.1. The van der Waals surface area contributed by atoms with Crippen LogP contribution in [0, 0.1) is 0 Å². The maximum Gasteiger partial charge on any atom is 0.321 e. The van der Waals surface area contributed by atoms with Gasteiger partial charge in [-0.1, -0.05) is 30.3 Å². The minimum absolute atomic E-state index is 0.0472. The summed E-state index contributed by atoms with van der Waals surface area (Å²) in [4.78, 5) is 53.7. The van der Waals surface area contributed by atoms with Crippen LogP contribution in [0.15, 0.2) is 48.5 Å². The number of carbonyl (C=O) groups is 4. The van der Waals surface area contributed by atoms with E-state index < -0.39 is 0 Å². The molecule has 9 heteroatoms. The smallest absolute Gasteiger partial charge is 0.321 e. The van der Waals surface area contributed by atoms with Gasteiger partial charge in [0.2, 0.25) is 5.91 Å². The highest BCUT2D eigenvalue weighted by molar-refractivity contribution is 6.21. The maximum absolute atomic E-state index is 12.6. The van der Waals surface area contributed by atoms with Crippen LogP contribution in [0.3, 0.4) is 0 Å². The predicted octanol–water partition coefficient (Wildman–Crippen LogP) is 1.38. The highest BCUT2D eigenvalue weighted by Crippen LogP contribution is 2.25. The van der Waals surface area contributed by atoms with Crippen LogP contribution >= 0.6 is 0 Å². The van der Waals surface area contributed by atoms with Crippen LogP contribution in [0.25, 0.3) is 0 Å². The van der Waals surface area contributed by atoms with E-state index in [0.29, 0.717) is 49.5 Å².